The number of benzene rings is 1. The third-order valence-electron chi connectivity index (χ3n) is 4.68. The number of amides is 2. The van der Waals surface area contributed by atoms with Crippen LogP contribution in [0.15, 0.2) is 32.3 Å². The molecule has 25 heavy (non-hydrogen) atoms. The third-order valence-corrected chi connectivity index (χ3v) is 6.51. The quantitative estimate of drug-likeness (QED) is 0.688. The summed E-state index contributed by atoms with van der Waals surface area (Å²) < 4.78 is 32.9. The summed E-state index contributed by atoms with van der Waals surface area (Å²) in [4.78, 5) is 36.2. The topological polar surface area (TPSA) is 110 Å². The van der Waals surface area contributed by atoms with Crippen molar-refractivity contribution in [2.24, 2.45) is 7.05 Å². The highest BCUT2D eigenvalue weighted by Gasteiger charge is 2.45. The van der Waals surface area contributed by atoms with Gasteiger partial charge in [-0.25, -0.2) is 13.2 Å². The summed E-state index contributed by atoms with van der Waals surface area (Å²) >= 11 is 0. The van der Waals surface area contributed by atoms with E-state index in [1.165, 1.54) is 39.0 Å². The van der Waals surface area contributed by atoms with E-state index in [1.807, 2.05) is 0 Å². The van der Waals surface area contributed by atoms with Crippen molar-refractivity contribution in [1.82, 2.24) is 13.8 Å². The van der Waals surface area contributed by atoms with Crippen LogP contribution in [0.4, 0.5) is 0 Å². The fourth-order valence-electron chi connectivity index (χ4n) is 3.19. The summed E-state index contributed by atoms with van der Waals surface area (Å²) in [6.45, 7) is 0.171. The molecule has 132 valence electrons. The van der Waals surface area contributed by atoms with Gasteiger partial charge < -0.3 is 4.42 Å². The average molecular weight is 365 g/mol. The van der Waals surface area contributed by atoms with E-state index in [4.69, 9.17) is 4.42 Å². The number of aryl methyl sites for hydroxylation is 1. The summed E-state index contributed by atoms with van der Waals surface area (Å²) in [5.74, 6) is -1.07. The van der Waals surface area contributed by atoms with Crippen molar-refractivity contribution in [3.05, 3.63) is 28.7 Å². The van der Waals surface area contributed by atoms with Gasteiger partial charge in [0.2, 0.25) is 21.8 Å². The van der Waals surface area contributed by atoms with Crippen molar-refractivity contribution in [2.45, 2.75) is 23.8 Å². The number of carbonyl (C=O) groups is 2. The second kappa shape index (κ2) is 5.27. The van der Waals surface area contributed by atoms with E-state index < -0.39 is 21.8 Å². The van der Waals surface area contributed by atoms with Crippen LogP contribution in [0.5, 0.6) is 0 Å². The molecule has 2 amide bonds. The summed E-state index contributed by atoms with van der Waals surface area (Å²) in [5, 5.41) is 0. The molecule has 2 aliphatic heterocycles. The van der Waals surface area contributed by atoms with Crippen LogP contribution in [-0.2, 0) is 26.7 Å². The van der Waals surface area contributed by atoms with Gasteiger partial charge in [-0.1, -0.05) is 0 Å². The molecule has 0 spiro atoms. The first-order chi connectivity index (χ1) is 11.8. The summed E-state index contributed by atoms with van der Waals surface area (Å²) in [7, 11) is -2.28. The highest BCUT2D eigenvalue weighted by atomic mass is 32.2. The van der Waals surface area contributed by atoms with Gasteiger partial charge in [-0.3, -0.25) is 19.1 Å². The Labute approximate surface area is 142 Å². The van der Waals surface area contributed by atoms with E-state index in [-0.39, 0.29) is 42.6 Å². The monoisotopic (exact) mass is 365 g/mol. The van der Waals surface area contributed by atoms with Gasteiger partial charge in [0.25, 0.3) is 0 Å². The Hall–Kier alpha value is -2.46. The predicted molar refractivity (Wildman–Crippen MR) is 85.1 cm³/mol. The maximum Gasteiger partial charge on any atom is 0.419 e. The largest absolute Gasteiger partial charge is 0.419 e. The van der Waals surface area contributed by atoms with Crippen LogP contribution < -0.4 is 5.76 Å². The minimum Gasteiger partial charge on any atom is -0.408 e. The van der Waals surface area contributed by atoms with E-state index in [9.17, 15) is 22.8 Å². The molecule has 0 aliphatic carbocycles. The number of carbonyl (C=O) groups excluding carboxylic acids is 2. The predicted octanol–water partition coefficient (Wildman–Crippen LogP) is -0.347. The van der Waals surface area contributed by atoms with Crippen molar-refractivity contribution >= 4 is 32.9 Å². The molecule has 0 radical (unpaired) electrons. The Morgan fingerprint density at radius 3 is 2.36 bits per heavy atom. The van der Waals surface area contributed by atoms with Crippen molar-refractivity contribution in [2.75, 3.05) is 13.1 Å². The molecular weight excluding hydrogens is 350 g/mol. The van der Waals surface area contributed by atoms with Gasteiger partial charge in [0.05, 0.1) is 16.5 Å². The van der Waals surface area contributed by atoms with E-state index in [0.717, 1.165) is 0 Å². The van der Waals surface area contributed by atoms with Gasteiger partial charge in [-0.2, -0.15) is 4.31 Å². The van der Waals surface area contributed by atoms with E-state index >= 15 is 0 Å². The van der Waals surface area contributed by atoms with Crippen LogP contribution >= 0.6 is 0 Å². The molecule has 0 bridgehead atoms. The molecule has 0 saturated carbocycles. The average Bonchev–Trinajstić information content (AvgIpc) is 2.99. The van der Waals surface area contributed by atoms with Gasteiger partial charge in [0, 0.05) is 33.0 Å². The van der Waals surface area contributed by atoms with Crippen LogP contribution in [-0.4, -0.2) is 53.1 Å². The molecule has 2 saturated heterocycles. The lowest BCUT2D eigenvalue weighted by atomic mass is 10.1. The summed E-state index contributed by atoms with van der Waals surface area (Å²) in [6, 6.07) is 3.79. The smallest absolute Gasteiger partial charge is 0.408 e. The molecule has 4 rings (SSSR count). The number of fused-ring (bicyclic) bond motifs is 1. The standard InChI is InChI=1S/C15H15N3O6S/c1-16-11-6-10(2-3-12(11)24-15(16)21)25(22,23)17-7-9(8-17)18-13(19)4-5-14(18)20/h2-3,6,9H,4-5,7-8H2,1H3. The van der Waals surface area contributed by atoms with Crippen molar-refractivity contribution < 1.29 is 22.4 Å². The number of imide groups is 1. The van der Waals surface area contributed by atoms with Gasteiger partial charge in [-0.15, -0.1) is 0 Å². The first kappa shape index (κ1) is 16.0. The number of aromatic nitrogens is 1. The number of oxazole rings is 1. The maximum absolute atomic E-state index is 12.7. The molecule has 9 nitrogen and oxygen atoms in total. The summed E-state index contributed by atoms with van der Waals surface area (Å²) in [6.07, 6.45) is 0.376. The highest BCUT2D eigenvalue weighted by molar-refractivity contribution is 7.89. The van der Waals surface area contributed by atoms with Crippen molar-refractivity contribution in [1.29, 1.82) is 0 Å². The zero-order chi connectivity index (χ0) is 17.9. The summed E-state index contributed by atoms with van der Waals surface area (Å²) in [5.41, 5.74) is 0.689. The highest BCUT2D eigenvalue weighted by Crippen LogP contribution is 2.28. The number of rotatable bonds is 3. The first-order valence-corrected chi connectivity index (χ1v) is 9.17. The second-order valence-corrected chi connectivity index (χ2v) is 8.13. The zero-order valence-corrected chi connectivity index (χ0v) is 14.2. The fourth-order valence-corrected chi connectivity index (χ4v) is 4.73. The molecule has 0 N–H and O–H groups in total. The van der Waals surface area contributed by atoms with Crippen molar-refractivity contribution in [3.63, 3.8) is 0 Å². The third kappa shape index (κ3) is 2.32. The van der Waals surface area contributed by atoms with Gasteiger partial charge in [-0.05, 0) is 18.2 Å². The molecular formula is C15H15N3O6S. The normalized spacial score (nSPS) is 19.8. The number of hydrogen-bond acceptors (Lipinski definition) is 6. The van der Waals surface area contributed by atoms with E-state index in [0.29, 0.717) is 11.1 Å². The Balaban J connectivity index is 1.59. The molecule has 2 aliphatic rings. The molecule has 0 unspecified atom stereocenters. The van der Waals surface area contributed by atoms with E-state index in [1.54, 1.807) is 0 Å². The first-order valence-electron chi connectivity index (χ1n) is 7.73. The lowest BCUT2D eigenvalue weighted by molar-refractivity contribution is -0.143. The molecule has 2 aromatic rings. The molecule has 10 heteroatoms. The maximum atomic E-state index is 12.7. The van der Waals surface area contributed by atoms with Crippen LogP contribution in [0.3, 0.4) is 0 Å². The van der Waals surface area contributed by atoms with Crippen molar-refractivity contribution in [3.8, 4) is 0 Å². The molecule has 1 aromatic heterocycles. The van der Waals surface area contributed by atoms with Crippen LogP contribution in [0.1, 0.15) is 12.8 Å². The molecule has 3 heterocycles. The Morgan fingerprint density at radius 1 is 1.08 bits per heavy atom. The minimum atomic E-state index is -3.77. The number of hydrogen-bond donors (Lipinski definition) is 0. The lowest BCUT2D eigenvalue weighted by Gasteiger charge is -2.41. The molecule has 1 aromatic carbocycles. The van der Waals surface area contributed by atoms with Crippen LogP contribution in [0.2, 0.25) is 0 Å². The van der Waals surface area contributed by atoms with Crippen LogP contribution in [0.25, 0.3) is 11.1 Å². The minimum absolute atomic E-state index is 0.0360. The van der Waals surface area contributed by atoms with E-state index in [2.05, 4.69) is 0 Å². The number of likely N-dealkylation sites (tertiary alicyclic amines) is 1. The fraction of sp³-hybridized carbons (Fsp3) is 0.400. The van der Waals surface area contributed by atoms with Crippen LogP contribution in [0, 0.1) is 0 Å². The Morgan fingerprint density at radius 2 is 1.72 bits per heavy atom. The second-order valence-electron chi connectivity index (χ2n) is 6.19. The number of nitrogens with zero attached hydrogens (tertiary/aromatic N) is 3. The Kier molecular flexibility index (Phi) is 3.38. The SMILES string of the molecule is Cn1c(=O)oc2ccc(S(=O)(=O)N3CC(N4C(=O)CCC4=O)C3)cc21. The number of sulfonamides is 1. The lowest BCUT2D eigenvalue weighted by Crippen LogP contribution is -2.62. The van der Waals surface area contributed by atoms with Gasteiger partial charge in [0.15, 0.2) is 5.58 Å². The molecule has 2 fully saturated rings. The van der Waals surface area contributed by atoms with Gasteiger partial charge >= 0.3 is 5.76 Å². The zero-order valence-electron chi connectivity index (χ0n) is 13.3. The van der Waals surface area contributed by atoms with Gasteiger partial charge in [0.1, 0.15) is 0 Å². The Bertz CT molecular complexity index is 1040. The molecule has 0 atom stereocenters.